The number of hydrogen-bond acceptors (Lipinski definition) is 1. The molecule has 1 heteroatoms. The molecule has 0 spiro atoms. The van der Waals surface area contributed by atoms with Crippen molar-refractivity contribution in [2.45, 2.75) is 0 Å². The van der Waals surface area contributed by atoms with Gasteiger partial charge >= 0.3 is 0 Å². The van der Waals surface area contributed by atoms with Crippen LogP contribution >= 0.6 is 0 Å². The summed E-state index contributed by atoms with van der Waals surface area (Å²) in [6.07, 6.45) is 6.44. The lowest BCUT2D eigenvalue weighted by Crippen LogP contribution is -1.87. The Hall–Kier alpha value is -2.28. The molecule has 0 atom stereocenters. The third-order valence-corrected chi connectivity index (χ3v) is 2.95. The molecule has 3 rings (SSSR count). The van der Waals surface area contributed by atoms with E-state index in [0.29, 0.717) is 0 Å². The van der Waals surface area contributed by atoms with Gasteiger partial charge in [-0.3, -0.25) is 0 Å². The molecule has 2 N–H and O–H groups in total. The van der Waals surface area contributed by atoms with Gasteiger partial charge in [0.25, 0.3) is 0 Å². The fourth-order valence-electron chi connectivity index (χ4n) is 2.11. The largest absolute Gasteiger partial charge is 0.399 e. The molecule has 0 saturated heterocycles. The summed E-state index contributed by atoms with van der Waals surface area (Å²) in [5.74, 6) is 0. The Bertz CT molecular complexity index is 607. The predicted molar refractivity (Wildman–Crippen MR) is 74.2 cm³/mol. The molecule has 17 heavy (non-hydrogen) atoms. The van der Waals surface area contributed by atoms with Crippen LogP contribution in [-0.4, -0.2) is 0 Å². The van der Waals surface area contributed by atoms with E-state index < -0.39 is 0 Å². The summed E-state index contributed by atoms with van der Waals surface area (Å²) in [4.78, 5) is 0. The Morgan fingerprint density at radius 1 is 0.882 bits per heavy atom. The van der Waals surface area contributed by atoms with Crippen LogP contribution in [-0.2, 0) is 0 Å². The molecule has 0 unspecified atom stereocenters. The Labute approximate surface area is 101 Å². The monoisotopic (exact) mass is 219 g/mol. The van der Waals surface area contributed by atoms with Crippen LogP contribution < -0.4 is 5.73 Å². The van der Waals surface area contributed by atoms with E-state index in [4.69, 9.17) is 5.73 Å². The maximum Gasteiger partial charge on any atom is 0.0320 e. The SMILES string of the molecule is Nc1ccc2c(c1)C=C/C2=C\c1ccccc1. The number of fused-ring (bicyclic) bond motifs is 1. The van der Waals surface area contributed by atoms with E-state index >= 15 is 0 Å². The highest BCUT2D eigenvalue weighted by Gasteiger charge is 2.09. The van der Waals surface area contributed by atoms with Gasteiger partial charge in [0, 0.05) is 5.69 Å². The number of hydrogen-bond donors (Lipinski definition) is 1. The molecular formula is C16H13N. The Morgan fingerprint density at radius 2 is 1.71 bits per heavy atom. The zero-order valence-electron chi connectivity index (χ0n) is 9.43. The van der Waals surface area contributed by atoms with Crippen LogP contribution in [0.2, 0.25) is 0 Å². The summed E-state index contributed by atoms with van der Waals surface area (Å²) in [5.41, 5.74) is 11.5. The molecular weight excluding hydrogens is 206 g/mol. The molecule has 0 amide bonds. The van der Waals surface area contributed by atoms with E-state index in [2.05, 4.69) is 48.6 Å². The van der Waals surface area contributed by atoms with Crippen LogP contribution in [0.1, 0.15) is 16.7 Å². The van der Waals surface area contributed by atoms with Gasteiger partial charge in [0.15, 0.2) is 0 Å². The van der Waals surface area contributed by atoms with E-state index in [1.54, 1.807) is 0 Å². The van der Waals surface area contributed by atoms with Crippen LogP contribution in [0, 0.1) is 0 Å². The van der Waals surface area contributed by atoms with Crippen LogP contribution in [0.3, 0.4) is 0 Å². The van der Waals surface area contributed by atoms with Gasteiger partial charge in [0.05, 0.1) is 0 Å². The fraction of sp³-hybridized carbons (Fsp3) is 0. The van der Waals surface area contributed by atoms with Gasteiger partial charge in [-0.05, 0) is 40.5 Å². The minimum atomic E-state index is 0.814. The summed E-state index contributed by atoms with van der Waals surface area (Å²) < 4.78 is 0. The van der Waals surface area contributed by atoms with Crippen molar-refractivity contribution in [3.8, 4) is 0 Å². The van der Waals surface area contributed by atoms with Gasteiger partial charge in [-0.25, -0.2) is 0 Å². The van der Waals surface area contributed by atoms with Gasteiger partial charge in [-0.15, -0.1) is 0 Å². The maximum atomic E-state index is 5.78. The van der Waals surface area contributed by atoms with Crippen molar-refractivity contribution in [3.63, 3.8) is 0 Å². The molecule has 1 aliphatic rings. The maximum absolute atomic E-state index is 5.78. The Kier molecular flexibility index (Phi) is 2.30. The molecule has 82 valence electrons. The number of rotatable bonds is 1. The van der Waals surface area contributed by atoms with Crippen molar-refractivity contribution in [2.75, 3.05) is 5.73 Å². The average Bonchev–Trinajstić information content (AvgIpc) is 2.73. The summed E-state index contributed by atoms with van der Waals surface area (Å²) in [6.45, 7) is 0. The van der Waals surface area contributed by atoms with Crippen molar-refractivity contribution in [1.82, 2.24) is 0 Å². The molecule has 0 bridgehead atoms. The van der Waals surface area contributed by atoms with E-state index in [1.165, 1.54) is 22.3 Å². The van der Waals surface area contributed by atoms with Gasteiger partial charge in [0.1, 0.15) is 0 Å². The summed E-state index contributed by atoms with van der Waals surface area (Å²) in [6, 6.07) is 16.4. The first kappa shape index (κ1) is 9.91. The van der Waals surface area contributed by atoms with Gasteiger partial charge < -0.3 is 5.73 Å². The van der Waals surface area contributed by atoms with Crippen LogP contribution in [0.15, 0.2) is 54.6 Å². The molecule has 1 nitrogen and oxygen atoms in total. The van der Waals surface area contributed by atoms with Crippen molar-refractivity contribution in [2.24, 2.45) is 0 Å². The van der Waals surface area contributed by atoms with Gasteiger partial charge in [0.2, 0.25) is 0 Å². The van der Waals surface area contributed by atoms with Crippen molar-refractivity contribution < 1.29 is 0 Å². The summed E-state index contributed by atoms with van der Waals surface area (Å²) >= 11 is 0. The molecule has 0 aromatic heterocycles. The topological polar surface area (TPSA) is 26.0 Å². The lowest BCUT2D eigenvalue weighted by Gasteiger charge is -2.02. The van der Waals surface area contributed by atoms with Gasteiger partial charge in [-0.1, -0.05) is 48.6 Å². The second-order valence-corrected chi connectivity index (χ2v) is 4.19. The smallest absolute Gasteiger partial charge is 0.0320 e. The van der Waals surface area contributed by atoms with Crippen LogP contribution in [0.25, 0.3) is 17.7 Å². The zero-order valence-corrected chi connectivity index (χ0v) is 9.43. The third-order valence-electron chi connectivity index (χ3n) is 2.95. The minimum absolute atomic E-state index is 0.814. The highest BCUT2D eigenvalue weighted by atomic mass is 14.5. The molecule has 0 radical (unpaired) electrons. The van der Waals surface area contributed by atoms with E-state index in [9.17, 15) is 0 Å². The third kappa shape index (κ3) is 1.87. The average molecular weight is 219 g/mol. The van der Waals surface area contributed by atoms with Crippen LogP contribution in [0.4, 0.5) is 5.69 Å². The number of allylic oxidation sites excluding steroid dienone is 2. The molecule has 2 aromatic carbocycles. The van der Waals surface area contributed by atoms with Crippen molar-refractivity contribution in [1.29, 1.82) is 0 Å². The Morgan fingerprint density at radius 3 is 2.53 bits per heavy atom. The molecule has 0 saturated carbocycles. The van der Waals surface area contributed by atoms with Crippen molar-refractivity contribution in [3.05, 3.63) is 71.3 Å². The number of nitrogen functional groups attached to an aromatic ring is 1. The first-order chi connectivity index (χ1) is 8.33. The fourth-order valence-corrected chi connectivity index (χ4v) is 2.11. The second kappa shape index (κ2) is 3.95. The first-order valence-electron chi connectivity index (χ1n) is 5.68. The minimum Gasteiger partial charge on any atom is -0.399 e. The highest BCUT2D eigenvalue weighted by molar-refractivity contribution is 5.98. The number of nitrogens with two attached hydrogens (primary N) is 1. The van der Waals surface area contributed by atoms with E-state index in [1.807, 2.05) is 18.2 Å². The van der Waals surface area contributed by atoms with E-state index in [-0.39, 0.29) is 0 Å². The zero-order chi connectivity index (χ0) is 11.7. The normalized spacial score (nSPS) is 15.2. The molecule has 1 aliphatic carbocycles. The van der Waals surface area contributed by atoms with Gasteiger partial charge in [-0.2, -0.15) is 0 Å². The van der Waals surface area contributed by atoms with Crippen molar-refractivity contribution >= 4 is 23.4 Å². The first-order valence-corrected chi connectivity index (χ1v) is 5.68. The standard InChI is InChI=1S/C16H13N/c17-15-8-9-16-13(6-7-14(16)11-15)10-12-4-2-1-3-5-12/h1-11H,17H2/b13-10+. The number of anilines is 1. The Balaban J connectivity index is 2.05. The molecule has 0 heterocycles. The lowest BCUT2D eigenvalue weighted by molar-refractivity contribution is 1.60. The number of benzene rings is 2. The molecule has 0 fully saturated rings. The van der Waals surface area contributed by atoms with E-state index in [0.717, 1.165) is 5.69 Å². The molecule has 0 aliphatic heterocycles. The highest BCUT2D eigenvalue weighted by Crippen LogP contribution is 2.31. The summed E-state index contributed by atoms with van der Waals surface area (Å²) in [5, 5.41) is 0. The summed E-state index contributed by atoms with van der Waals surface area (Å²) in [7, 11) is 0. The lowest BCUT2D eigenvalue weighted by atomic mass is 10.0. The quantitative estimate of drug-likeness (QED) is 0.724. The van der Waals surface area contributed by atoms with Crippen LogP contribution in [0.5, 0.6) is 0 Å². The molecule has 2 aromatic rings. The predicted octanol–water partition coefficient (Wildman–Crippen LogP) is 3.84. The second-order valence-electron chi connectivity index (χ2n) is 4.19.